The Balaban J connectivity index is 2.80. The van der Waals surface area contributed by atoms with Crippen LogP contribution in [0, 0.1) is 6.92 Å². The van der Waals surface area contributed by atoms with Crippen molar-refractivity contribution in [1.29, 1.82) is 0 Å². The van der Waals surface area contributed by atoms with Crippen LogP contribution in [0.15, 0.2) is 18.7 Å². The Morgan fingerprint density at radius 2 is 2.29 bits per heavy atom. The second-order valence-corrected chi connectivity index (χ2v) is 3.64. The third-order valence-corrected chi connectivity index (χ3v) is 2.03. The van der Waals surface area contributed by atoms with E-state index in [1.165, 1.54) is 0 Å². The Morgan fingerprint density at radius 3 is 2.94 bits per heavy atom. The topological polar surface area (TPSA) is 66.9 Å². The first kappa shape index (κ1) is 13.2. The summed E-state index contributed by atoms with van der Waals surface area (Å²) in [4.78, 5) is 20.1. The molecular formula is C12H18N4O. The van der Waals surface area contributed by atoms with Crippen LogP contribution in [-0.4, -0.2) is 29.0 Å². The molecule has 0 aromatic carbocycles. The van der Waals surface area contributed by atoms with Crippen molar-refractivity contribution in [3.05, 3.63) is 30.1 Å². The number of hydrogen-bond acceptors (Lipinski definition) is 4. The Kier molecular flexibility index (Phi) is 5.13. The van der Waals surface area contributed by atoms with Crippen molar-refractivity contribution in [2.24, 2.45) is 0 Å². The van der Waals surface area contributed by atoms with Crippen LogP contribution in [-0.2, 0) is 0 Å². The van der Waals surface area contributed by atoms with E-state index < -0.39 is 0 Å². The zero-order valence-corrected chi connectivity index (χ0v) is 10.3. The predicted octanol–water partition coefficient (Wildman–Crippen LogP) is 1.52. The summed E-state index contributed by atoms with van der Waals surface area (Å²) >= 11 is 0. The summed E-state index contributed by atoms with van der Waals surface area (Å²) in [5, 5.41) is 5.75. The van der Waals surface area contributed by atoms with Crippen molar-refractivity contribution in [3.8, 4) is 0 Å². The molecule has 1 amide bonds. The molecule has 0 saturated heterocycles. The Bertz CT molecular complexity index is 403. The van der Waals surface area contributed by atoms with Gasteiger partial charge in [-0.1, -0.05) is 13.0 Å². The lowest BCUT2D eigenvalue weighted by Gasteiger charge is -2.07. The smallest absolute Gasteiger partial charge is 0.270 e. The number of aryl methyl sites for hydroxylation is 1. The molecule has 0 saturated carbocycles. The summed E-state index contributed by atoms with van der Waals surface area (Å²) in [6.45, 7) is 8.65. The molecule has 0 atom stereocenters. The van der Waals surface area contributed by atoms with E-state index in [0.717, 1.165) is 12.1 Å². The van der Waals surface area contributed by atoms with Gasteiger partial charge in [-0.25, -0.2) is 9.97 Å². The highest BCUT2D eigenvalue weighted by atomic mass is 16.1. The van der Waals surface area contributed by atoms with E-state index >= 15 is 0 Å². The third kappa shape index (κ3) is 4.22. The summed E-state index contributed by atoms with van der Waals surface area (Å²) in [6, 6.07) is 1.67. The number of nitrogens with one attached hydrogen (secondary N) is 2. The quantitative estimate of drug-likeness (QED) is 0.732. The molecule has 0 radical (unpaired) electrons. The SMILES string of the molecule is C=CCNc1nc(C)cc(C(=O)NCCC)n1. The van der Waals surface area contributed by atoms with E-state index in [1.54, 1.807) is 12.1 Å². The lowest BCUT2D eigenvalue weighted by molar-refractivity contribution is 0.0948. The molecule has 5 nitrogen and oxygen atoms in total. The highest BCUT2D eigenvalue weighted by Gasteiger charge is 2.09. The fraction of sp³-hybridized carbons (Fsp3) is 0.417. The van der Waals surface area contributed by atoms with E-state index in [-0.39, 0.29) is 5.91 Å². The fourth-order valence-corrected chi connectivity index (χ4v) is 1.26. The van der Waals surface area contributed by atoms with Gasteiger partial charge in [0.2, 0.25) is 5.95 Å². The Morgan fingerprint density at radius 1 is 1.53 bits per heavy atom. The molecule has 1 heterocycles. The van der Waals surface area contributed by atoms with Crippen molar-refractivity contribution >= 4 is 11.9 Å². The molecule has 1 rings (SSSR count). The average molecular weight is 234 g/mol. The molecule has 0 aliphatic rings. The molecule has 0 unspecified atom stereocenters. The van der Waals surface area contributed by atoms with E-state index in [4.69, 9.17) is 0 Å². The molecule has 17 heavy (non-hydrogen) atoms. The molecule has 1 aromatic heterocycles. The van der Waals surface area contributed by atoms with Crippen LogP contribution in [0.5, 0.6) is 0 Å². The van der Waals surface area contributed by atoms with Crippen molar-refractivity contribution < 1.29 is 4.79 Å². The monoisotopic (exact) mass is 234 g/mol. The fourth-order valence-electron chi connectivity index (χ4n) is 1.26. The zero-order chi connectivity index (χ0) is 12.7. The van der Waals surface area contributed by atoms with E-state index in [0.29, 0.717) is 24.7 Å². The summed E-state index contributed by atoms with van der Waals surface area (Å²) in [5.41, 5.74) is 1.14. The predicted molar refractivity (Wildman–Crippen MR) is 68.1 cm³/mol. The standard InChI is InChI=1S/C12H18N4O/c1-4-6-13-11(17)10-8-9(3)15-12(16-10)14-7-5-2/h5,8H,2,4,6-7H2,1,3H3,(H,13,17)(H,14,15,16). The summed E-state index contributed by atoms with van der Waals surface area (Å²) < 4.78 is 0. The second kappa shape index (κ2) is 6.62. The van der Waals surface area contributed by atoms with Crippen LogP contribution in [0.4, 0.5) is 5.95 Å². The van der Waals surface area contributed by atoms with E-state index in [9.17, 15) is 4.79 Å². The molecule has 92 valence electrons. The maximum Gasteiger partial charge on any atom is 0.270 e. The highest BCUT2D eigenvalue weighted by molar-refractivity contribution is 5.92. The van der Waals surface area contributed by atoms with E-state index in [1.807, 2.05) is 13.8 Å². The second-order valence-electron chi connectivity index (χ2n) is 3.64. The van der Waals surface area contributed by atoms with Gasteiger partial charge >= 0.3 is 0 Å². The van der Waals surface area contributed by atoms with Crippen LogP contribution in [0.25, 0.3) is 0 Å². The molecule has 0 aliphatic carbocycles. The lowest BCUT2D eigenvalue weighted by Crippen LogP contribution is -2.25. The molecular weight excluding hydrogens is 216 g/mol. The number of aromatic nitrogens is 2. The maximum absolute atomic E-state index is 11.7. The number of nitrogens with zero attached hydrogens (tertiary/aromatic N) is 2. The van der Waals surface area contributed by atoms with Crippen molar-refractivity contribution in [1.82, 2.24) is 15.3 Å². The van der Waals surface area contributed by atoms with Crippen molar-refractivity contribution in [2.75, 3.05) is 18.4 Å². The molecule has 2 N–H and O–H groups in total. The molecule has 1 aromatic rings. The van der Waals surface area contributed by atoms with Crippen LogP contribution < -0.4 is 10.6 Å². The number of carbonyl (C=O) groups excluding carboxylic acids is 1. The average Bonchev–Trinajstić information content (AvgIpc) is 2.32. The van der Waals surface area contributed by atoms with Crippen molar-refractivity contribution in [3.63, 3.8) is 0 Å². The van der Waals surface area contributed by atoms with Crippen LogP contribution in [0.3, 0.4) is 0 Å². The third-order valence-electron chi connectivity index (χ3n) is 2.03. The summed E-state index contributed by atoms with van der Waals surface area (Å²) in [7, 11) is 0. The van der Waals surface area contributed by atoms with Gasteiger partial charge in [0, 0.05) is 18.8 Å². The first-order valence-electron chi connectivity index (χ1n) is 5.66. The summed E-state index contributed by atoms with van der Waals surface area (Å²) in [6.07, 6.45) is 2.61. The number of rotatable bonds is 6. The first-order chi connectivity index (χ1) is 8.17. The number of carbonyl (C=O) groups is 1. The van der Waals surface area contributed by atoms with Gasteiger partial charge in [-0.05, 0) is 19.4 Å². The van der Waals surface area contributed by atoms with Gasteiger partial charge < -0.3 is 10.6 Å². The highest BCUT2D eigenvalue weighted by Crippen LogP contribution is 2.04. The van der Waals surface area contributed by atoms with Crippen LogP contribution in [0.1, 0.15) is 29.5 Å². The zero-order valence-electron chi connectivity index (χ0n) is 10.3. The lowest BCUT2D eigenvalue weighted by atomic mass is 10.3. The molecule has 0 aliphatic heterocycles. The number of anilines is 1. The van der Waals surface area contributed by atoms with Gasteiger partial charge in [-0.15, -0.1) is 6.58 Å². The van der Waals surface area contributed by atoms with Crippen molar-refractivity contribution in [2.45, 2.75) is 20.3 Å². The number of amides is 1. The van der Waals surface area contributed by atoms with Gasteiger partial charge in [0.25, 0.3) is 5.91 Å². The van der Waals surface area contributed by atoms with Gasteiger partial charge in [-0.2, -0.15) is 0 Å². The van der Waals surface area contributed by atoms with Gasteiger partial charge in [0.1, 0.15) is 5.69 Å². The first-order valence-corrected chi connectivity index (χ1v) is 5.66. The largest absolute Gasteiger partial charge is 0.351 e. The normalized spacial score (nSPS) is 9.76. The van der Waals surface area contributed by atoms with Crippen LogP contribution >= 0.6 is 0 Å². The van der Waals surface area contributed by atoms with E-state index in [2.05, 4.69) is 27.2 Å². The minimum absolute atomic E-state index is 0.168. The minimum Gasteiger partial charge on any atom is -0.351 e. The molecule has 5 heteroatoms. The molecule has 0 bridgehead atoms. The summed E-state index contributed by atoms with van der Waals surface area (Å²) in [5.74, 6) is 0.283. The van der Waals surface area contributed by atoms with Gasteiger partial charge in [0.05, 0.1) is 0 Å². The molecule has 0 fully saturated rings. The van der Waals surface area contributed by atoms with Crippen LogP contribution in [0.2, 0.25) is 0 Å². The molecule has 0 spiro atoms. The number of hydrogen-bond donors (Lipinski definition) is 2. The minimum atomic E-state index is -0.168. The Hall–Kier alpha value is -1.91. The van der Waals surface area contributed by atoms with Gasteiger partial charge in [0.15, 0.2) is 0 Å². The Labute approximate surface area is 101 Å². The maximum atomic E-state index is 11.7. The van der Waals surface area contributed by atoms with Gasteiger partial charge in [-0.3, -0.25) is 4.79 Å².